The molecule has 13 heavy (non-hydrogen) atoms. The first-order chi connectivity index (χ1) is 5.99. The smallest absolute Gasteiger partial charge is 0.155 e. The van der Waals surface area contributed by atoms with Gasteiger partial charge in [-0.25, -0.2) is 0 Å². The molecule has 0 amide bonds. The largest absolute Gasteiger partial charge is 0.373 e. The maximum Gasteiger partial charge on any atom is 0.155 e. The van der Waals surface area contributed by atoms with E-state index in [-0.39, 0.29) is 5.78 Å². The van der Waals surface area contributed by atoms with E-state index in [1.807, 2.05) is 20.8 Å². The van der Waals surface area contributed by atoms with E-state index in [0.29, 0.717) is 6.10 Å². The Balaban J connectivity index is 0.000000243. The van der Waals surface area contributed by atoms with Crippen LogP contribution in [0.3, 0.4) is 0 Å². The Kier molecular flexibility index (Phi) is 5.63. The monoisotopic (exact) mass is 184 g/mol. The van der Waals surface area contributed by atoms with Crippen LogP contribution in [-0.4, -0.2) is 18.5 Å². The number of ether oxygens (including phenoxy) is 1. The Labute approximate surface area is 81.0 Å². The van der Waals surface area contributed by atoms with Crippen molar-refractivity contribution in [2.75, 3.05) is 6.61 Å². The molecular formula is C11H20O2. The molecule has 0 radical (unpaired) electrons. The van der Waals surface area contributed by atoms with E-state index in [1.54, 1.807) is 6.92 Å². The number of rotatable bonds is 2. The van der Waals surface area contributed by atoms with Gasteiger partial charge in [-0.3, -0.25) is 4.79 Å². The molecule has 0 N–H and O–H groups in total. The van der Waals surface area contributed by atoms with Crippen molar-refractivity contribution in [1.82, 2.24) is 0 Å². The van der Waals surface area contributed by atoms with Crippen LogP contribution in [-0.2, 0) is 9.53 Å². The highest BCUT2D eigenvalue weighted by atomic mass is 16.6. The summed E-state index contributed by atoms with van der Waals surface area (Å²) in [5, 5.41) is 0. The van der Waals surface area contributed by atoms with Crippen LogP contribution in [0.4, 0.5) is 0 Å². The van der Waals surface area contributed by atoms with Crippen LogP contribution in [0.15, 0.2) is 11.1 Å². The molecule has 1 saturated heterocycles. The van der Waals surface area contributed by atoms with Crippen LogP contribution < -0.4 is 0 Å². The van der Waals surface area contributed by atoms with Gasteiger partial charge in [0.05, 0.1) is 12.7 Å². The molecule has 1 aliphatic heterocycles. The van der Waals surface area contributed by atoms with E-state index in [4.69, 9.17) is 4.74 Å². The molecule has 1 aliphatic rings. The summed E-state index contributed by atoms with van der Waals surface area (Å²) in [5.41, 5.74) is 1.99. The van der Waals surface area contributed by atoms with Gasteiger partial charge in [-0.1, -0.05) is 12.5 Å². The minimum absolute atomic E-state index is 0.171. The van der Waals surface area contributed by atoms with Gasteiger partial charge in [-0.2, -0.15) is 0 Å². The summed E-state index contributed by atoms with van der Waals surface area (Å²) in [6, 6.07) is 0. The van der Waals surface area contributed by atoms with Crippen LogP contribution in [0.2, 0.25) is 0 Å². The van der Waals surface area contributed by atoms with Gasteiger partial charge >= 0.3 is 0 Å². The maximum atomic E-state index is 10.5. The molecule has 1 unspecified atom stereocenters. The van der Waals surface area contributed by atoms with Crippen LogP contribution in [0.5, 0.6) is 0 Å². The molecule has 1 heterocycles. The molecule has 0 aromatic carbocycles. The van der Waals surface area contributed by atoms with Gasteiger partial charge in [0.1, 0.15) is 0 Å². The second-order valence-corrected chi connectivity index (χ2v) is 3.54. The first-order valence-electron chi connectivity index (χ1n) is 4.75. The summed E-state index contributed by atoms with van der Waals surface area (Å²) < 4.78 is 4.86. The molecule has 0 bridgehead atoms. The molecule has 76 valence electrons. The number of carbonyl (C=O) groups excluding carboxylic acids is 1. The molecule has 0 aliphatic carbocycles. The Bertz CT molecular complexity index is 196. The molecule has 2 heteroatoms. The number of epoxide rings is 1. The molecule has 0 saturated carbocycles. The summed E-state index contributed by atoms with van der Waals surface area (Å²) >= 11 is 0. The zero-order valence-electron chi connectivity index (χ0n) is 9.31. The van der Waals surface area contributed by atoms with Crippen LogP contribution in [0.25, 0.3) is 0 Å². The highest BCUT2D eigenvalue weighted by molar-refractivity contribution is 5.93. The lowest BCUT2D eigenvalue weighted by Gasteiger charge is -1.94. The molecule has 0 spiro atoms. The van der Waals surface area contributed by atoms with Crippen LogP contribution in [0.1, 0.15) is 41.0 Å². The third-order valence-electron chi connectivity index (χ3n) is 2.14. The molecule has 2 nitrogen and oxygen atoms in total. The van der Waals surface area contributed by atoms with Crippen molar-refractivity contribution in [3.05, 3.63) is 11.1 Å². The van der Waals surface area contributed by atoms with Crippen molar-refractivity contribution in [2.45, 2.75) is 47.1 Å². The summed E-state index contributed by atoms with van der Waals surface area (Å²) in [6.45, 7) is 10.5. The Morgan fingerprint density at radius 2 is 1.77 bits per heavy atom. The van der Waals surface area contributed by atoms with Gasteiger partial charge in [-0.05, 0) is 39.7 Å². The van der Waals surface area contributed by atoms with Crippen molar-refractivity contribution in [3.63, 3.8) is 0 Å². The molecule has 1 atom stereocenters. The summed E-state index contributed by atoms with van der Waals surface area (Å²) in [5.74, 6) is 0.171. The second kappa shape index (κ2) is 5.92. The van der Waals surface area contributed by atoms with Gasteiger partial charge in [-0.15, -0.1) is 0 Å². The fourth-order valence-corrected chi connectivity index (χ4v) is 0.656. The van der Waals surface area contributed by atoms with Gasteiger partial charge in [0.15, 0.2) is 5.78 Å². The average molecular weight is 184 g/mol. The third-order valence-corrected chi connectivity index (χ3v) is 2.14. The van der Waals surface area contributed by atoms with Crippen LogP contribution >= 0.6 is 0 Å². The normalized spacial score (nSPS) is 18.4. The van der Waals surface area contributed by atoms with Gasteiger partial charge in [0, 0.05) is 0 Å². The zero-order valence-corrected chi connectivity index (χ0v) is 9.31. The fourth-order valence-electron chi connectivity index (χ4n) is 0.656. The Morgan fingerprint density at radius 1 is 1.31 bits per heavy atom. The van der Waals surface area contributed by atoms with E-state index in [0.717, 1.165) is 17.8 Å². The van der Waals surface area contributed by atoms with Crippen LogP contribution in [0, 0.1) is 0 Å². The van der Waals surface area contributed by atoms with Gasteiger partial charge < -0.3 is 4.74 Å². The van der Waals surface area contributed by atoms with Crippen molar-refractivity contribution >= 4 is 5.78 Å². The SMILES string of the molecule is CC(=O)C(C)=C(C)C.CCC1CO1. The molecule has 0 aromatic rings. The maximum absolute atomic E-state index is 10.5. The predicted octanol–water partition coefficient (Wildman–Crippen LogP) is 2.73. The van der Waals surface area contributed by atoms with E-state index >= 15 is 0 Å². The van der Waals surface area contributed by atoms with Crippen molar-refractivity contribution in [2.24, 2.45) is 0 Å². The summed E-state index contributed by atoms with van der Waals surface area (Å²) in [6.07, 6.45) is 1.83. The quantitative estimate of drug-likeness (QED) is 0.488. The first-order valence-corrected chi connectivity index (χ1v) is 4.75. The van der Waals surface area contributed by atoms with Crippen molar-refractivity contribution in [1.29, 1.82) is 0 Å². The summed E-state index contributed by atoms with van der Waals surface area (Å²) in [7, 11) is 0. The fraction of sp³-hybridized carbons (Fsp3) is 0.727. The van der Waals surface area contributed by atoms with E-state index in [9.17, 15) is 4.79 Å². The van der Waals surface area contributed by atoms with Gasteiger partial charge in [0.25, 0.3) is 0 Å². The zero-order chi connectivity index (χ0) is 10.4. The summed E-state index contributed by atoms with van der Waals surface area (Å²) in [4.78, 5) is 10.5. The third kappa shape index (κ3) is 6.52. The lowest BCUT2D eigenvalue weighted by molar-refractivity contribution is -0.113. The number of Topliss-reactive ketones (excluding diaryl/α,β-unsaturated/α-hetero) is 1. The molecular weight excluding hydrogens is 164 g/mol. The first kappa shape index (κ1) is 12.4. The highest BCUT2D eigenvalue weighted by Crippen LogP contribution is 2.10. The topological polar surface area (TPSA) is 29.6 Å². The molecule has 0 aromatic heterocycles. The number of hydrogen-bond acceptors (Lipinski definition) is 2. The van der Waals surface area contributed by atoms with E-state index < -0.39 is 0 Å². The van der Waals surface area contributed by atoms with Crippen molar-refractivity contribution < 1.29 is 9.53 Å². The number of ketones is 1. The highest BCUT2D eigenvalue weighted by Gasteiger charge is 2.18. The average Bonchev–Trinajstić information content (AvgIpc) is 2.86. The predicted molar refractivity (Wildman–Crippen MR) is 54.8 cm³/mol. The number of hydrogen-bond donors (Lipinski definition) is 0. The Hall–Kier alpha value is -0.630. The van der Waals surface area contributed by atoms with E-state index in [2.05, 4.69) is 6.92 Å². The number of allylic oxidation sites excluding steroid dienone is 2. The molecule has 1 rings (SSSR count). The Morgan fingerprint density at radius 3 is 1.77 bits per heavy atom. The standard InChI is InChI=1S/C7H12O.C4H8O/c1-5(2)6(3)7(4)8;1-2-4-3-5-4/h1-4H3;4H,2-3H2,1H3. The second-order valence-electron chi connectivity index (χ2n) is 3.54. The van der Waals surface area contributed by atoms with Crippen molar-refractivity contribution in [3.8, 4) is 0 Å². The minimum atomic E-state index is 0.171. The molecule has 1 fully saturated rings. The lowest BCUT2D eigenvalue weighted by atomic mass is 10.1. The number of carbonyl (C=O) groups is 1. The lowest BCUT2D eigenvalue weighted by Crippen LogP contribution is -1.92. The minimum Gasteiger partial charge on any atom is -0.373 e. The van der Waals surface area contributed by atoms with Gasteiger partial charge in [0.2, 0.25) is 0 Å². The van der Waals surface area contributed by atoms with E-state index in [1.165, 1.54) is 6.42 Å².